The smallest absolute Gasteiger partial charge is 0.123 e. The Labute approximate surface area is 189 Å². The molecule has 32 heavy (non-hydrogen) atoms. The van der Waals surface area contributed by atoms with Gasteiger partial charge in [0.15, 0.2) is 0 Å². The Balaban J connectivity index is 1.42. The van der Waals surface area contributed by atoms with E-state index in [4.69, 9.17) is 4.74 Å². The van der Waals surface area contributed by atoms with E-state index in [1.165, 1.54) is 12.1 Å². The molecule has 5 heteroatoms. The minimum atomic E-state index is -0.486. The number of halogens is 1. The zero-order valence-corrected chi connectivity index (χ0v) is 18.8. The van der Waals surface area contributed by atoms with Crippen molar-refractivity contribution in [3.05, 3.63) is 60.2 Å². The molecule has 170 valence electrons. The molecule has 3 fully saturated rings. The number of hydrogen-bond acceptors (Lipinski definition) is 4. The van der Waals surface area contributed by atoms with E-state index in [9.17, 15) is 14.6 Å². The van der Waals surface area contributed by atoms with E-state index >= 15 is 0 Å². The molecule has 1 aliphatic heterocycles. The van der Waals surface area contributed by atoms with Gasteiger partial charge < -0.3 is 14.9 Å². The highest BCUT2D eigenvalue weighted by atomic mass is 19.1. The maximum Gasteiger partial charge on any atom is 0.123 e. The molecule has 2 saturated carbocycles. The summed E-state index contributed by atoms with van der Waals surface area (Å²) in [7, 11) is 0. The molecule has 6 atom stereocenters. The molecule has 3 aliphatic rings. The van der Waals surface area contributed by atoms with Crippen molar-refractivity contribution >= 4 is 6.08 Å². The van der Waals surface area contributed by atoms with Crippen LogP contribution in [0.1, 0.15) is 45.2 Å². The van der Waals surface area contributed by atoms with Gasteiger partial charge in [-0.2, -0.15) is 0 Å². The Bertz CT molecular complexity index is 1020. The van der Waals surface area contributed by atoms with E-state index in [0.717, 1.165) is 42.7 Å². The molecule has 1 saturated heterocycles. The molecular formula is C27H32FNO3. The molecule has 1 aromatic carbocycles. The number of nitrogens with zero attached hydrogens (tertiary/aromatic N) is 1. The van der Waals surface area contributed by atoms with Crippen molar-refractivity contribution in [1.82, 2.24) is 4.98 Å². The molecule has 2 aliphatic carbocycles. The molecule has 0 radical (unpaired) electrons. The van der Waals surface area contributed by atoms with Crippen LogP contribution in [0.3, 0.4) is 0 Å². The first-order valence-electron chi connectivity index (χ1n) is 11.6. The first-order valence-corrected chi connectivity index (χ1v) is 11.6. The second-order valence-corrected chi connectivity index (χ2v) is 10.5. The third-order valence-corrected chi connectivity index (χ3v) is 8.70. The number of benzene rings is 1. The fourth-order valence-corrected chi connectivity index (χ4v) is 6.68. The third-order valence-electron chi connectivity index (χ3n) is 8.70. The largest absolute Gasteiger partial charge is 0.396 e. The van der Waals surface area contributed by atoms with Crippen molar-refractivity contribution in [2.75, 3.05) is 13.2 Å². The van der Waals surface area contributed by atoms with Crippen molar-refractivity contribution in [2.24, 2.45) is 22.7 Å². The number of rotatable bonds is 4. The van der Waals surface area contributed by atoms with Crippen LogP contribution in [0.4, 0.5) is 4.39 Å². The van der Waals surface area contributed by atoms with Crippen molar-refractivity contribution in [3.8, 4) is 11.1 Å². The van der Waals surface area contributed by atoms with Crippen LogP contribution in [0.5, 0.6) is 0 Å². The number of hydrogen-bond donors (Lipinski definition) is 2. The lowest BCUT2D eigenvalue weighted by atomic mass is 9.45. The van der Waals surface area contributed by atoms with Crippen LogP contribution in [0.2, 0.25) is 0 Å². The van der Waals surface area contributed by atoms with E-state index in [1.807, 2.05) is 25.1 Å². The predicted molar refractivity (Wildman–Crippen MR) is 122 cm³/mol. The molecule has 5 rings (SSSR count). The number of aliphatic hydroxyl groups excluding tert-OH is 2. The highest BCUT2D eigenvalue weighted by Crippen LogP contribution is 2.65. The Kier molecular flexibility index (Phi) is 5.27. The van der Waals surface area contributed by atoms with Gasteiger partial charge in [-0.15, -0.1) is 0 Å². The number of epoxide rings is 1. The summed E-state index contributed by atoms with van der Waals surface area (Å²) < 4.78 is 19.6. The fraction of sp³-hybridized carbons (Fsp3) is 0.519. The summed E-state index contributed by atoms with van der Waals surface area (Å²) >= 11 is 0. The van der Waals surface area contributed by atoms with Crippen molar-refractivity contribution in [2.45, 2.75) is 51.2 Å². The van der Waals surface area contributed by atoms with Gasteiger partial charge in [0.25, 0.3) is 0 Å². The first kappa shape index (κ1) is 21.7. The number of pyridine rings is 1. The van der Waals surface area contributed by atoms with Gasteiger partial charge in [0, 0.05) is 23.1 Å². The van der Waals surface area contributed by atoms with E-state index in [1.54, 1.807) is 12.3 Å². The van der Waals surface area contributed by atoms with Crippen LogP contribution in [-0.2, 0) is 4.74 Å². The normalized spacial score (nSPS) is 38.7. The summed E-state index contributed by atoms with van der Waals surface area (Å²) in [6, 6.07) is 10.5. The second-order valence-electron chi connectivity index (χ2n) is 10.5. The van der Waals surface area contributed by atoms with Gasteiger partial charge in [-0.05, 0) is 66.9 Å². The molecular weight excluding hydrogens is 405 g/mol. The fourth-order valence-electron chi connectivity index (χ4n) is 6.68. The quantitative estimate of drug-likeness (QED) is 0.671. The molecule has 0 bridgehead atoms. The van der Waals surface area contributed by atoms with E-state index in [2.05, 4.69) is 24.1 Å². The molecule has 1 aromatic heterocycles. The van der Waals surface area contributed by atoms with Gasteiger partial charge in [0.1, 0.15) is 5.82 Å². The number of ether oxygens (including phenoxy) is 1. The van der Waals surface area contributed by atoms with Gasteiger partial charge in [0.05, 0.1) is 30.6 Å². The van der Waals surface area contributed by atoms with Gasteiger partial charge in [-0.25, -0.2) is 4.39 Å². The summed E-state index contributed by atoms with van der Waals surface area (Å²) in [5.74, 6) is 0.183. The standard InChI is InChI=1S/C27H32FNO3/c1-25-12-11-24(31)26(2,16-30)22(25)10-13-27(17-32-27)23(25)9-8-21-7-6-19(15-29-21)18-4-3-5-20(28)14-18/h3-9,14-15,22-24,30-31H,10-13,16-17H2,1-2H3/b9-8+/t22-,23-,24+,25+,26-,27?/m0/s1. The number of aliphatic hydroxyl groups is 2. The van der Waals surface area contributed by atoms with Crippen molar-refractivity contribution < 1.29 is 19.3 Å². The lowest BCUT2D eigenvalue weighted by Gasteiger charge is -2.60. The average molecular weight is 438 g/mol. The Morgan fingerprint density at radius 1 is 1.16 bits per heavy atom. The minimum Gasteiger partial charge on any atom is -0.396 e. The molecule has 4 nitrogen and oxygen atoms in total. The summed E-state index contributed by atoms with van der Waals surface area (Å²) in [6.07, 6.45) is 9.17. The molecule has 2 N–H and O–H groups in total. The highest BCUT2D eigenvalue weighted by molar-refractivity contribution is 5.63. The molecule has 2 heterocycles. The van der Waals surface area contributed by atoms with Crippen molar-refractivity contribution in [1.29, 1.82) is 0 Å². The number of fused-ring (bicyclic) bond motifs is 1. The average Bonchev–Trinajstić information content (AvgIpc) is 3.56. The Morgan fingerprint density at radius 3 is 2.62 bits per heavy atom. The SMILES string of the molecule is C[C@]1(CO)[C@H]2CCC3(CO3)[C@@H](/C=C/c3ccc(-c4cccc(F)c4)cn3)[C@]2(C)CC[C@H]1O. The molecule has 0 amide bonds. The lowest BCUT2D eigenvalue weighted by Crippen LogP contribution is -2.60. The summed E-state index contributed by atoms with van der Waals surface area (Å²) in [5, 5.41) is 20.9. The third kappa shape index (κ3) is 3.42. The van der Waals surface area contributed by atoms with Gasteiger partial charge >= 0.3 is 0 Å². The Hall–Kier alpha value is -2.08. The first-order chi connectivity index (χ1) is 15.3. The Morgan fingerprint density at radius 2 is 1.97 bits per heavy atom. The summed E-state index contributed by atoms with van der Waals surface area (Å²) in [6.45, 7) is 5.13. The van der Waals surface area contributed by atoms with Crippen LogP contribution in [0.15, 0.2) is 48.7 Å². The summed E-state index contributed by atoms with van der Waals surface area (Å²) in [5.41, 5.74) is 1.89. The van der Waals surface area contributed by atoms with Gasteiger partial charge in [-0.3, -0.25) is 4.98 Å². The predicted octanol–water partition coefficient (Wildman–Crippen LogP) is 4.86. The lowest BCUT2D eigenvalue weighted by molar-refractivity contribution is -0.166. The number of aromatic nitrogens is 1. The topological polar surface area (TPSA) is 65.9 Å². The second kappa shape index (κ2) is 7.75. The van der Waals surface area contributed by atoms with Gasteiger partial charge in [0.2, 0.25) is 0 Å². The molecule has 2 aromatic rings. The van der Waals surface area contributed by atoms with Crippen LogP contribution >= 0.6 is 0 Å². The molecule has 1 spiro atoms. The van der Waals surface area contributed by atoms with E-state index in [0.29, 0.717) is 6.42 Å². The zero-order valence-electron chi connectivity index (χ0n) is 18.8. The maximum absolute atomic E-state index is 13.5. The minimum absolute atomic E-state index is 0.00180. The zero-order chi connectivity index (χ0) is 22.6. The van der Waals surface area contributed by atoms with Gasteiger partial charge in [-0.1, -0.05) is 38.1 Å². The van der Waals surface area contributed by atoms with Crippen LogP contribution < -0.4 is 0 Å². The maximum atomic E-state index is 13.5. The van der Waals surface area contributed by atoms with Crippen LogP contribution in [0, 0.1) is 28.5 Å². The van der Waals surface area contributed by atoms with Crippen LogP contribution in [-0.4, -0.2) is 40.1 Å². The van der Waals surface area contributed by atoms with Crippen molar-refractivity contribution in [3.63, 3.8) is 0 Å². The van der Waals surface area contributed by atoms with E-state index < -0.39 is 11.5 Å². The van der Waals surface area contributed by atoms with Crippen LogP contribution in [0.25, 0.3) is 17.2 Å². The summed E-state index contributed by atoms with van der Waals surface area (Å²) in [4.78, 5) is 4.59. The monoisotopic (exact) mass is 437 g/mol. The molecule has 1 unspecified atom stereocenters. The highest BCUT2D eigenvalue weighted by Gasteiger charge is 2.66. The van der Waals surface area contributed by atoms with E-state index in [-0.39, 0.29) is 35.3 Å².